The SMILES string of the molecule is CC1(CCc2ccc(OC(F)F)cc2)NC(=O)N(CC(=O)N/N=C2\CC3CCC2(C)C3(C)C)C1=O. The summed E-state index contributed by atoms with van der Waals surface area (Å²) in [5.74, 6) is -0.424. The molecule has 2 aliphatic carbocycles. The van der Waals surface area contributed by atoms with Crippen LogP contribution in [0.2, 0.25) is 0 Å². The molecule has 1 aromatic rings. The van der Waals surface area contributed by atoms with E-state index in [0.29, 0.717) is 12.3 Å². The number of imide groups is 1. The summed E-state index contributed by atoms with van der Waals surface area (Å²) in [6, 6.07) is 5.48. The second kappa shape index (κ2) is 8.87. The first-order valence-electron chi connectivity index (χ1n) is 11.9. The van der Waals surface area contributed by atoms with Crippen molar-refractivity contribution in [1.82, 2.24) is 15.6 Å². The van der Waals surface area contributed by atoms with Crippen LogP contribution in [0.3, 0.4) is 0 Å². The third-order valence-corrected chi connectivity index (χ3v) is 8.54. The molecular formula is C25H32F2N4O4. The third-order valence-electron chi connectivity index (χ3n) is 8.54. The average molecular weight is 491 g/mol. The molecule has 4 amide bonds. The Labute approximate surface area is 203 Å². The number of amides is 4. The number of hydrogen-bond acceptors (Lipinski definition) is 5. The Kier molecular flexibility index (Phi) is 6.36. The highest BCUT2D eigenvalue weighted by Gasteiger charge is 2.60. The van der Waals surface area contributed by atoms with Gasteiger partial charge in [0.15, 0.2) is 0 Å². The fourth-order valence-electron chi connectivity index (χ4n) is 5.70. The summed E-state index contributed by atoms with van der Waals surface area (Å²) in [4.78, 5) is 38.9. The molecule has 3 aliphatic rings. The molecule has 3 fully saturated rings. The number of carbonyl (C=O) groups excluding carboxylic acids is 3. The highest BCUT2D eigenvalue weighted by atomic mass is 19.3. The Balaban J connectivity index is 1.33. The monoisotopic (exact) mass is 490 g/mol. The molecule has 8 nitrogen and oxygen atoms in total. The molecule has 35 heavy (non-hydrogen) atoms. The number of ether oxygens (including phenoxy) is 1. The molecule has 0 spiro atoms. The number of hydrogen-bond donors (Lipinski definition) is 2. The molecule has 3 atom stereocenters. The van der Waals surface area contributed by atoms with Crippen molar-refractivity contribution in [2.45, 2.75) is 71.9 Å². The Hall–Kier alpha value is -3.04. The molecule has 10 heteroatoms. The van der Waals surface area contributed by atoms with E-state index in [1.165, 1.54) is 12.1 Å². The van der Waals surface area contributed by atoms with E-state index in [9.17, 15) is 23.2 Å². The maximum atomic E-state index is 13.0. The van der Waals surface area contributed by atoms with E-state index in [0.717, 1.165) is 35.4 Å². The Bertz CT molecular complexity index is 1060. The van der Waals surface area contributed by atoms with Crippen molar-refractivity contribution in [3.63, 3.8) is 0 Å². The number of hydrazone groups is 1. The van der Waals surface area contributed by atoms with Gasteiger partial charge in [-0.05, 0) is 68.1 Å². The average Bonchev–Trinajstić information content (AvgIpc) is 3.23. The molecule has 0 radical (unpaired) electrons. The van der Waals surface area contributed by atoms with Gasteiger partial charge >= 0.3 is 12.6 Å². The van der Waals surface area contributed by atoms with Crippen LogP contribution in [0, 0.1) is 16.7 Å². The normalized spacial score (nSPS) is 30.3. The number of aryl methyl sites for hydroxylation is 1. The van der Waals surface area contributed by atoms with Gasteiger partial charge in [0, 0.05) is 11.1 Å². The molecule has 2 N–H and O–H groups in total. The molecule has 2 bridgehead atoms. The number of alkyl halides is 2. The van der Waals surface area contributed by atoms with Gasteiger partial charge in [-0.25, -0.2) is 10.2 Å². The number of nitrogens with zero attached hydrogens (tertiary/aromatic N) is 2. The summed E-state index contributed by atoms with van der Waals surface area (Å²) < 4.78 is 28.9. The molecule has 1 saturated heterocycles. The minimum absolute atomic E-state index is 0.0453. The maximum absolute atomic E-state index is 13.0. The lowest BCUT2D eigenvalue weighted by Crippen LogP contribution is -2.45. The minimum atomic E-state index is -2.90. The predicted molar refractivity (Wildman–Crippen MR) is 125 cm³/mol. The first-order valence-corrected chi connectivity index (χ1v) is 11.9. The molecule has 1 heterocycles. The fourth-order valence-corrected chi connectivity index (χ4v) is 5.70. The number of fused-ring (bicyclic) bond motifs is 2. The van der Waals surface area contributed by atoms with Gasteiger partial charge in [-0.1, -0.05) is 32.9 Å². The lowest BCUT2D eigenvalue weighted by Gasteiger charge is -2.34. The molecule has 1 aliphatic heterocycles. The Morgan fingerprint density at radius 3 is 2.49 bits per heavy atom. The summed E-state index contributed by atoms with van der Waals surface area (Å²) in [6.45, 7) is 4.97. The summed E-state index contributed by atoms with van der Waals surface area (Å²) in [7, 11) is 0. The van der Waals surface area contributed by atoms with Crippen LogP contribution in [0.5, 0.6) is 5.75 Å². The van der Waals surface area contributed by atoms with E-state index in [-0.39, 0.29) is 23.0 Å². The highest BCUT2D eigenvalue weighted by Crippen LogP contribution is 2.63. The van der Waals surface area contributed by atoms with Crippen molar-refractivity contribution in [3.8, 4) is 5.75 Å². The summed E-state index contributed by atoms with van der Waals surface area (Å²) in [6.07, 6.45) is 3.74. The van der Waals surface area contributed by atoms with Crippen molar-refractivity contribution in [2.75, 3.05) is 6.54 Å². The van der Waals surface area contributed by atoms with Gasteiger partial charge in [0.2, 0.25) is 0 Å². The molecule has 2 saturated carbocycles. The second-order valence-corrected chi connectivity index (χ2v) is 10.8. The first-order chi connectivity index (χ1) is 16.4. The highest BCUT2D eigenvalue weighted by molar-refractivity contribution is 6.08. The molecule has 190 valence electrons. The van der Waals surface area contributed by atoms with Gasteiger partial charge in [0.1, 0.15) is 17.8 Å². The van der Waals surface area contributed by atoms with E-state index in [4.69, 9.17) is 0 Å². The topological polar surface area (TPSA) is 100 Å². The maximum Gasteiger partial charge on any atom is 0.387 e. The number of benzene rings is 1. The Morgan fingerprint density at radius 2 is 1.91 bits per heavy atom. The van der Waals surface area contributed by atoms with E-state index < -0.39 is 36.5 Å². The number of urea groups is 1. The molecule has 1 aromatic carbocycles. The van der Waals surface area contributed by atoms with Crippen LogP contribution in [0.25, 0.3) is 0 Å². The first kappa shape index (κ1) is 25.1. The van der Waals surface area contributed by atoms with Crippen LogP contribution in [0.15, 0.2) is 29.4 Å². The van der Waals surface area contributed by atoms with Crippen LogP contribution in [0.4, 0.5) is 13.6 Å². The molecular weight excluding hydrogens is 458 g/mol. The van der Waals surface area contributed by atoms with Crippen molar-refractivity contribution >= 4 is 23.6 Å². The van der Waals surface area contributed by atoms with Crippen molar-refractivity contribution in [1.29, 1.82) is 0 Å². The van der Waals surface area contributed by atoms with E-state index in [1.54, 1.807) is 19.1 Å². The van der Waals surface area contributed by atoms with Crippen molar-refractivity contribution < 1.29 is 27.9 Å². The molecule has 3 unspecified atom stereocenters. The summed E-state index contributed by atoms with van der Waals surface area (Å²) in [5.41, 5.74) is 3.21. The van der Waals surface area contributed by atoms with Gasteiger partial charge in [-0.3, -0.25) is 14.5 Å². The smallest absolute Gasteiger partial charge is 0.387 e. The number of halogens is 2. The van der Waals surface area contributed by atoms with Gasteiger partial charge < -0.3 is 10.1 Å². The van der Waals surface area contributed by atoms with Gasteiger partial charge in [0.25, 0.3) is 11.8 Å². The lowest BCUT2D eigenvalue weighted by atomic mass is 9.70. The van der Waals surface area contributed by atoms with Crippen LogP contribution in [-0.2, 0) is 16.0 Å². The third kappa shape index (κ3) is 4.50. The van der Waals surface area contributed by atoms with Gasteiger partial charge in [-0.2, -0.15) is 13.9 Å². The second-order valence-electron chi connectivity index (χ2n) is 10.8. The largest absolute Gasteiger partial charge is 0.435 e. The quantitative estimate of drug-likeness (QED) is 0.427. The number of carbonyl (C=O) groups is 3. The van der Waals surface area contributed by atoms with Gasteiger partial charge in [0.05, 0.1) is 0 Å². The minimum Gasteiger partial charge on any atom is -0.435 e. The predicted octanol–water partition coefficient (Wildman–Crippen LogP) is 3.85. The number of rotatable bonds is 8. The Morgan fingerprint density at radius 1 is 1.23 bits per heavy atom. The van der Waals surface area contributed by atoms with Crippen LogP contribution in [-0.4, -0.2) is 47.2 Å². The van der Waals surface area contributed by atoms with Crippen LogP contribution < -0.4 is 15.5 Å². The van der Waals surface area contributed by atoms with E-state index in [2.05, 4.69) is 41.4 Å². The summed E-state index contributed by atoms with van der Waals surface area (Å²) in [5, 5.41) is 7.07. The van der Waals surface area contributed by atoms with E-state index >= 15 is 0 Å². The lowest BCUT2D eigenvalue weighted by molar-refractivity contribution is -0.134. The molecule has 0 aromatic heterocycles. The fraction of sp³-hybridized carbons (Fsp3) is 0.600. The molecule has 4 rings (SSSR count). The zero-order valence-corrected chi connectivity index (χ0v) is 20.5. The van der Waals surface area contributed by atoms with Crippen LogP contribution in [0.1, 0.15) is 58.9 Å². The standard InChI is InChI=1S/C25H32F2N4O4/c1-23(2)16-10-11-24(23,3)18(13-16)29-30-19(32)14-31-20(33)25(4,28-22(31)34)12-9-15-5-7-17(8-6-15)35-21(26)27/h5-8,16,21H,9-14H2,1-4H3,(H,28,34)(H,30,32)/b29-18+. The zero-order valence-electron chi connectivity index (χ0n) is 20.5. The van der Waals surface area contributed by atoms with Gasteiger partial charge in [-0.15, -0.1) is 0 Å². The van der Waals surface area contributed by atoms with Crippen molar-refractivity contribution in [2.24, 2.45) is 21.8 Å². The number of nitrogens with one attached hydrogen (secondary N) is 2. The summed E-state index contributed by atoms with van der Waals surface area (Å²) >= 11 is 0. The van der Waals surface area contributed by atoms with Crippen LogP contribution >= 0.6 is 0 Å². The zero-order chi connectivity index (χ0) is 25.6. The van der Waals surface area contributed by atoms with Crippen molar-refractivity contribution in [3.05, 3.63) is 29.8 Å². The van der Waals surface area contributed by atoms with E-state index in [1.807, 2.05) is 0 Å².